The maximum atomic E-state index is 13.1. The van der Waals surface area contributed by atoms with Crippen molar-refractivity contribution in [2.75, 3.05) is 0 Å². The molecule has 0 aliphatic carbocycles. The lowest BCUT2D eigenvalue weighted by Crippen LogP contribution is -1.99. The molecule has 24 heavy (non-hydrogen) atoms. The van der Waals surface area contributed by atoms with Crippen LogP contribution in [-0.2, 0) is 6.61 Å². The number of nitrogens with zero attached hydrogens (tertiary/aromatic N) is 3. The van der Waals surface area contributed by atoms with Gasteiger partial charge in [-0.3, -0.25) is 4.98 Å². The number of ether oxygens (including phenoxy) is 1. The molecule has 3 aromatic rings. The highest BCUT2D eigenvalue weighted by Gasteiger charge is 2.14. The first-order valence-electron chi connectivity index (χ1n) is 7.03. The Morgan fingerprint density at radius 3 is 2.58 bits per heavy atom. The molecule has 5 nitrogen and oxygen atoms in total. The molecule has 0 amide bonds. The van der Waals surface area contributed by atoms with Crippen LogP contribution in [-0.4, -0.2) is 15.2 Å². The van der Waals surface area contributed by atoms with Gasteiger partial charge in [0.15, 0.2) is 17.8 Å². The van der Waals surface area contributed by atoms with E-state index in [1.165, 1.54) is 19.2 Å². The molecule has 2 heterocycles. The van der Waals surface area contributed by atoms with Crippen LogP contribution < -0.4 is 4.74 Å². The summed E-state index contributed by atoms with van der Waals surface area (Å²) in [7, 11) is 0. The number of rotatable bonds is 5. The Bertz CT molecular complexity index is 835. The van der Waals surface area contributed by atoms with Crippen molar-refractivity contribution in [2.45, 2.75) is 19.7 Å². The molecule has 3 rings (SSSR count). The van der Waals surface area contributed by atoms with Gasteiger partial charge in [0.2, 0.25) is 5.89 Å². The molecule has 1 aromatic carbocycles. The Morgan fingerprint density at radius 2 is 1.96 bits per heavy atom. The fourth-order valence-electron chi connectivity index (χ4n) is 1.87. The molecule has 0 aliphatic heterocycles. The maximum absolute atomic E-state index is 13.1. The summed E-state index contributed by atoms with van der Waals surface area (Å²) in [4.78, 5) is 4.15. The minimum Gasteiger partial charge on any atom is -0.487 e. The molecule has 2 aromatic heterocycles. The van der Waals surface area contributed by atoms with Gasteiger partial charge in [0.05, 0.1) is 11.3 Å². The van der Waals surface area contributed by atoms with Crippen molar-refractivity contribution in [3.63, 3.8) is 0 Å². The van der Waals surface area contributed by atoms with E-state index in [0.29, 0.717) is 11.3 Å². The number of alkyl halides is 1. The van der Waals surface area contributed by atoms with E-state index in [2.05, 4.69) is 15.2 Å². The number of halogens is 3. The van der Waals surface area contributed by atoms with E-state index in [-0.39, 0.29) is 24.1 Å². The molecule has 8 heteroatoms. The van der Waals surface area contributed by atoms with Crippen molar-refractivity contribution in [2.24, 2.45) is 0 Å². The molecule has 124 valence electrons. The Hall–Kier alpha value is -2.90. The molecule has 0 aliphatic rings. The number of hydrogen-bond acceptors (Lipinski definition) is 5. The number of hydrogen-bond donors (Lipinski definition) is 0. The lowest BCUT2D eigenvalue weighted by Gasteiger charge is -2.06. The van der Waals surface area contributed by atoms with Crippen molar-refractivity contribution in [1.82, 2.24) is 15.2 Å². The van der Waals surface area contributed by atoms with E-state index in [9.17, 15) is 13.2 Å². The van der Waals surface area contributed by atoms with Crippen molar-refractivity contribution < 1.29 is 22.3 Å². The fraction of sp³-hybridized carbons (Fsp3) is 0.188. The monoisotopic (exact) mass is 335 g/mol. The van der Waals surface area contributed by atoms with Crippen LogP contribution in [0.1, 0.15) is 24.7 Å². The quantitative estimate of drug-likeness (QED) is 0.705. The average molecular weight is 335 g/mol. The van der Waals surface area contributed by atoms with E-state index in [4.69, 9.17) is 9.15 Å². The summed E-state index contributed by atoms with van der Waals surface area (Å²) in [6, 6.07) is 6.59. The summed E-state index contributed by atoms with van der Waals surface area (Å²) >= 11 is 0. The normalized spacial score (nSPS) is 12.2. The van der Waals surface area contributed by atoms with Gasteiger partial charge in [0.25, 0.3) is 5.89 Å². The van der Waals surface area contributed by atoms with Crippen LogP contribution in [0.4, 0.5) is 13.2 Å². The second-order valence-electron chi connectivity index (χ2n) is 4.96. The molecule has 0 bridgehead atoms. The van der Waals surface area contributed by atoms with Crippen molar-refractivity contribution in [3.8, 4) is 17.2 Å². The topological polar surface area (TPSA) is 61.0 Å². The summed E-state index contributed by atoms with van der Waals surface area (Å²) in [5, 5.41) is 7.34. The van der Waals surface area contributed by atoms with Crippen LogP contribution in [0, 0.1) is 11.6 Å². The average Bonchev–Trinajstić information content (AvgIpc) is 3.07. The molecular formula is C16H12F3N3O2. The summed E-state index contributed by atoms with van der Waals surface area (Å²) < 4.78 is 49.5. The van der Waals surface area contributed by atoms with Gasteiger partial charge in [0, 0.05) is 12.3 Å². The molecule has 0 radical (unpaired) electrons. The Kier molecular flexibility index (Phi) is 4.45. The van der Waals surface area contributed by atoms with Crippen molar-refractivity contribution >= 4 is 0 Å². The third kappa shape index (κ3) is 3.53. The van der Waals surface area contributed by atoms with Crippen molar-refractivity contribution in [3.05, 3.63) is 59.7 Å². The Morgan fingerprint density at radius 1 is 1.12 bits per heavy atom. The highest BCUT2D eigenvalue weighted by molar-refractivity contribution is 5.50. The summed E-state index contributed by atoms with van der Waals surface area (Å²) in [5.41, 5.74) is 1.09. The molecule has 1 unspecified atom stereocenters. The first-order valence-corrected chi connectivity index (χ1v) is 7.03. The second-order valence-corrected chi connectivity index (χ2v) is 4.96. The molecule has 0 spiro atoms. The standard InChI is InChI=1S/C16H12F3N3O2/c1-9(17)15-21-22-16(24-15)10-2-3-11(20-7-10)8-23-12-4-5-13(18)14(19)6-12/h2-7,9H,8H2,1H3. The number of aromatic nitrogens is 3. The van der Waals surface area contributed by atoms with Crippen LogP contribution in [0.15, 0.2) is 40.9 Å². The van der Waals surface area contributed by atoms with Gasteiger partial charge in [-0.1, -0.05) is 0 Å². The Labute approximate surface area is 135 Å². The van der Waals surface area contributed by atoms with Gasteiger partial charge >= 0.3 is 0 Å². The smallest absolute Gasteiger partial charge is 0.250 e. The zero-order valence-electron chi connectivity index (χ0n) is 12.5. The maximum Gasteiger partial charge on any atom is 0.250 e. The van der Waals surface area contributed by atoms with E-state index < -0.39 is 17.8 Å². The predicted molar refractivity (Wildman–Crippen MR) is 77.7 cm³/mol. The number of pyridine rings is 1. The molecule has 1 atom stereocenters. The largest absolute Gasteiger partial charge is 0.487 e. The summed E-state index contributed by atoms with van der Waals surface area (Å²) in [6.45, 7) is 1.37. The SMILES string of the molecule is CC(F)c1nnc(-c2ccc(COc3ccc(F)c(F)c3)nc2)o1. The lowest BCUT2D eigenvalue weighted by molar-refractivity contribution is 0.298. The minimum atomic E-state index is -1.34. The van der Waals surface area contributed by atoms with Crippen LogP contribution in [0.5, 0.6) is 5.75 Å². The summed E-state index contributed by atoms with van der Waals surface area (Å²) in [6.07, 6.45) is 0.132. The lowest BCUT2D eigenvalue weighted by atomic mass is 10.2. The third-order valence-electron chi connectivity index (χ3n) is 3.13. The van der Waals surface area contributed by atoms with Crippen molar-refractivity contribution in [1.29, 1.82) is 0 Å². The first kappa shape index (κ1) is 16.0. The highest BCUT2D eigenvalue weighted by atomic mass is 19.2. The van der Waals surface area contributed by atoms with Gasteiger partial charge in [-0.25, -0.2) is 13.2 Å². The van der Waals surface area contributed by atoms with Gasteiger partial charge in [-0.15, -0.1) is 10.2 Å². The van der Waals surface area contributed by atoms with Gasteiger partial charge in [0.1, 0.15) is 12.4 Å². The molecular weight excluding hydrogens is 323 g/mol. The Balaban J connectivity index is 1.66. The molecule has 0 saturated carbocycles. The third-order valence-corrected chi connectivity index (χ3v) is 3.13. The zero-order valence-corrected chi connectivity index (χ0v) is 12.5. The minimum absolute atomic E-state index is 0.0714. The van der Waals surface area contributed by atoms with Crippen LogP contribution in [0.2, 0.25) is 0 Å². The van der Waals surface area contributed by atoms with Gasteiger partial charge in [-0.2, -0.15) is 0 Å². The second kappa shape index (κ2) is 6.69. The van der Waals surface area contributed by atoms with E-state index in [1.807, 2.05) is 0 Å². The molecule has 0 fully saturated rings. The zero-order chi connectivity index (χ0) is 17.1. The van der Waals surface area contributed by atoms with E-state index in [1.54, 1.807) is 12.1 Å². The number of benzene rings is 1. The van der Waals surface area contributed by atoms with Crippen LogP contribution in [0.25, 0.3) is 11.5 Å². The van der Waals surface area contributed by atoms with Crippen LogP contribution >= 0.6 is 0 Å². The van der Waals surface area contributed by atoms with Gasteiger partial charge in [-0.05, 0) is 31.2 Å². The molecule has 0 saturated heterocycles. The van der Waals surface area contributed by atoms with E-state index >= 15 is 0 Å². The first-order chi connectivity index (χ1) is 11.5. The van der Waals surface area contributed by atoms with Gasteiger partial charge < -0.3 is 9.15 Å². The van der Waals surface area contributed by atoms with E-state index in [0.717, 1.165) is 12.1 Å². The highest BCUT2D eigenvalue weighted by Crippen LogP contribution is 2.22. The summed E-state index contributed by atoms with van der Waals surface area (Å²) in [5.74, 6) is -1.67. The fourth-order valence-corrected chi connectivity index (χ4v) is 1.87. The molecule has 0 N–H and O–H groups in total. The predicted octanol–water partition coefficient (Wildman–Crippen LogP) is 4.02. The van der Waals surface area contributed by atoms with Crippen LogP contribution in [0.3, 0.4) is 0 Å².